The highest BCUT2D eigenvalue weighted by molar-refractivity contribution is 5.76. The van der Waals surface area contributed by atoms with Crippen LogP contribution in [0.15, 0.2) is 42.5 Å². The number of fused-ring (bicyclic) bond motifs is 3. The minimum absolute atomic E-state index is 0.168. The van der Waals surface area contributed by atoms with Crippen LogP contribution >= 0.6 is 0 Å². The monoisotopic (exact) mass is 238 g/mol. The molecule has 90 valence electrons. The van der Waals surface area contributed by atoms with Crippen LogP contribution in [-0.4, -0.2) is 13.2 Å². The molecule has 1 heterocycles. The second kappa shape index (κ2) is 3.94. The van der Waals surface area contributed by atoms with Crippen LogP contribution in [-0.2, 0) is 15.9 Å². The molecule has 1 aliphatic heterocycles. The standard InChI is InChI=1S/C16H14O2/c1-2-4-14-11(3-1)9-13-10-12(5-6-15(13)14)16-17-7-8-18-16/h1-6,10,16H,7-9H2. The van der Waals surface area contributed by atoms with Gasteiger partial charge >= 0.3 is 0 Å². The van der Waals surface area contributed by atoms with E-state index in [1.807, 2.05) is 0 Å². The van der Waals surface area contributed by atoms with Gasteiger partial charge in [0.25, 0.3) is 0 Å². The molecule has 2 aliphatic rings. The molecule has 2 nitrogen and oxygen atoms in total. The minimum atomic E-state index is -0.168. The first-order chi connectivity index (χ1) is 8.92. The van der Waals surface area contributed by atoms with E-state index in [1.54, 1.807) is 0 Å². The van der Waals surface area contributed by atoms with Crippen LogP contribution in [0.2, 0.25) is 0 Å². The van der Waals surface area contributed by atoms with Crippen LogP contribution < -0.4 is 0 Å². The molecular weight excluding hydrogens is 224 g/mol. The molecule has 0 spiro atoms. The lowest BCUT2D eigenvalue weighted by atomic mass is 10.0. The van der Waals surface area contributed by atoms with Crippen molar-refractivity contribution in [3.8, 4) is 11.1 Å². The van der Waals surface area contributed by atoms with E-state index in [-0.39, 0.29) is 6.29 Å². The third-order valence-electron chi connectivity index (χ3n) is 3.71. The maximum absolute atomic E-state index is 5.55. The summed E-state index contributed by atoms with van der Waals surface area (Å²) >= 11 is 0. The van der Waals surface area contributed by atoms with Gasteiger partial charge in [-0.15, -0.1) is 0 Å². The summed E-state index contributed by atoms with van der Waals surface area (Å²) in [4.78, 5) is 0. The highest BCUT2D eigenvalue weighted by Gasteiger charge is 2.22. The Morgan fingerprint density at radius 3 is 2.50 bits per heavy atom. The van der Waals surface area contributed by atoms with Gasteiger partial charge in [-0.25, -0.2) is 0 Å². The zero-order valence-corrected chi connectivity index (χ0v) is 10.1. The molecule has 0 amide bonds. The van der Waals surface area contributed by atoms with Gasteiger partial charge in [-0.05, 0) is 34.7 Å². The SMILES string of the molecule is c1ccc2c(c1)Cc1cc(C3OCCO3)ccc1-2. The maximum atomic E-state index is 5.55. The first-order valence-corrected chi connectivity index (χ1v) is 6.36. The second-order valence-corrected chi connectivity index (χ2v) is 4.82. The molecular formula is C16H14O2. The maximum Gasteiger partial charge on any atom is 0.184 e. The molecule has 4 rings (SSSR count). The van der Waals surface area contributed by atoms with E-state index in [4.69, 9.17) is 9.47 Å². The normalized spacial score (nSPS) is 17.8. The average molecular weight is 238 g/mol. The predicted octanol–water partition coefficient (Wildman–Crippen LogP) is 3.30. The molecule has 1 aliphatic carbocycles. The Kier molecular flexibility index (Phi) is 2.25. The zero-order valence-electron chi connectivity index (χ0n) is 10.1. The summed E-state index contributed by atoms with van der Waals surface area (Å²) in [5.41, 5.74) is 6.66. The van der Waals surface area contributed by atoms with Crippen molar-refractivity contribution in [2.24, 2.45) is 0 Å². The topological polar surface area (TPSA) is 18.5 Å². The summed E-state index contributed by atoms with van der Waals surface area (Å²) in [5.74, 6) is 0. The number of rotatable bonds is 1. The number of hydrogen-bond donors (Lipinski definition) is 0. The summed E-state index contributed by atoms with van der Waals surface area (Å²) in [6, 6.07) is 15.2. The van der Waals surface area contributed by atoms with E-state index in [2.05, 4.69) is 42.5 Å². The summed E-state index contributed by atoms with van der Waals surface area (Å²) < 4.78 is 11.1. The van der Waals surface area contributed by atoms with Gasteiger partial charge in [0, 0.05) is 5.56 Å². The van der Waals surface area contributed by atoms with E-state index in [1.165, 1.54) is 22.3 Å². The smallest absolute Gasteiger partial charge is 0.184 e. The van der Waals surface area contributed by atoms with Crippen molar-refractivity contribution >= 4 is 0 Å². The molecule has 2 heteroatoms. The van der Waals surface area contributed by atoms with Gasteiger partial charge in [0.2, 0.25) is 0 Å². The lowest BCUT2D eigenvalue weighted by Crippen LogP contribution is -1.98. The van der Waals surface area contributed by atoms with Crippen LogP contribution in [0.25, 0.3) is 11.1 Å². The molecule has 0 N–H and O–H groups in total. The van der Waals surface area contributed by atoms with Crippen molar-refractivity contribution in [3.63, 3.8) is 0 Å². The molecule has 1 saturated heterocycles. The van der Waals surface area contributed by atoms with Crippen molar-refractivity contribution in [3.05, 3.63) is 59.2 Å². The third kappa shape index (κ3) is 1.50. The number of benzene rings is 2. The lowest BCUT2D eigenvalue weighted by Gasteiger charge is -2.11. The molecule has 2 aromatic carbocycles. The molecule has 0 atom stereocenters. The van der Waals surface area contributed by atoms with Gasteiger partial charge in [0.15, 0.2) is 6.29 Å². The molecule has 0 bridgehead atoms. The minimum Gasteiger partial charge on any atom is -0.346 e. The average Bonchev–Trinajstić information content (AvgIpc) is 3.05. The molecule has 1 fully saturated rings. The zero-order chi connectivity index (χ0) is 11.9. The Hall–Kier alpha value is -1.64. The van der Waals surface area contributed by atoms with Crippen molar-refractivity contribution < 1.29 is 9.47 Å². The molecule has 2 aromatic rings. The van der Waals surface area contributed by atoms with E-state index >= 15 is 0 Å². The summed E-state index contributed by atoms with van der Waals surface area (Å²) in [6.07, 6.45) is 0.852. The highest BCUT2D eigenvalue weighted by atomic mass is 16.7. The van der Waals surface area contributed by atoms with E-state index in [9.17, 15) is 0 Å². The summed E-state index contributed by atoms with van der Waals surface area (Å²) in [7, 11) is 0. The first-order valence-electron chi connectivity index (χ1n) is 6.36. The third-order valence-corrected chi connectivity index (χ3v) is 3.71. The van der Waals surface area contributed by atoms with Crippen LogP contribution in [0, 0.1) is 0 Å². The molecule has 0 radical (unpaired) electrons. The largest absolute Gasteiger partial charge is 0.346 e. The Morgan fingerprint density at radius 1 is 0.833 bits per heavy atom. The predicted molar refractivity (Wildman–Crippen MR) is 69.3 cm³/mol. The first kappa shape index (κ1) is 10.3. The van der Waals surface area contributed by atoms with Crippen molar-refractivity contribution in [2.75, 3.05) is 13.2 Å². The van der Waals surface area contributed by atoms with Gasteiger partial charge in [-0.2, -0.15) is 0 Å². The van der Waals surface area contributed by atoms with E-state index in [0.717, 1.165) is 12.0 Å². The number of hydrogen-bond acceptors (Lipinski definition) is 2. The fraction of sp³-hybridized carbons (Fsp3) is 0.250. The highest BCUT2D eigenvalue weighted by Crippen LogP contribution is 2.38. The number of ether oxygens (including phenoxy) is 2. The Morgan fingerprint density at radius 2 is 1.61 bits per heavy atom. The lowest BCUT2D eigenvalue weighted by molar-refractivity contribution is -0.0441. The Labute approximate surface area is 106 Å². The van der Waals surface area contributed by atoms with E-state index < -0.39 is 0 Å². The van der Waals surface area contributed by atoms with Crippen LogP contribution in [0.1, 0.15) is 23.0 Å². The molecule has 0 saturated carbocycles. The van der Waals surface area contributed by atoms with Gasteiger partial charge in [0.1, 0.15) is 0 Å². The molecule has 18 heavy (non-hydrogen) atoms. The summed E-state index contributed by atoms with van der Waals surface area (Å²) in [6.45, 7) is 1.39. The Balaban J connectivity index is 1.76. The van der Waals surface area contributed by atoms with Gasteiger partial charge in [-0.3, -0.25) is 0 Å². The summed E-state index contributed by atoms with van der Waals surface area (Å²) in [5, 5.41) is 0. The van der Waals surface area contributed by atoms with Crippen molar-refractivity contribution in [1.29, 1.82) is 0 Å². The second-order valence-electron chi connectivity index (χ2n) is 4.82. The molecule has 0 aromatic heterocycles. The van der Waals surface area contributed by atoms with E-state index in [0.29, 0.717) is 13.2 Å². The van der Waals surface area contributed by atoms with Gasteiger partial charge in [-0.1, -0.05) is 36.4 Å². The van der Waals surface area contributed by atoms with Crippen LogP contribution in [0.4, 0.5) is 0 Å². The Bertz CT molecular complexity index is 598. The fourth-order valence-corrected chi connectivity index (χ4v) is 2.86. The van der Waals surface area contributed by atoms with Crippen LogP contribution in [0.5, 0.6) is 0 Å². The van der Waals surface area contributed by atoms with Gasteiger partial charge < -0.3 is 9.47 Å². The van der Waals surface area contributed by atoms with Gasteiger partial charge in [0.05, 0.1) is 13.2 Å². The molecule has 0 unspecified atom stereocenters. The van der Waals surface area contributed by atoms with Crippen LogP contribution in [0.3, 0.4) is 0 Å². The quantitative estimate of drug-likeness (QED) is 0.647. The van der Waals surface area contributed by atoms with Crippen molar-refractivity contribution in [2.45, 2.75) is 12.7 Å². The fourth-order valence-electron chi connectivity index (χ4n) is 2.86. The van der Waals surface area contributed by atoms with Crippen molar-refractivity contribution in [1.82, 2.24) is 0 Å².